The molecule has 1 unspecified atom stereocenters. The number of nitrogens with one attached hydrogen (secondary N) is 1. The first-order valence-electron chi connectivity index (χ1n) is 6.42. The average Bonchev–Trinajstić information content (AvgIpc) is 2.38. The molecule has 6 heteroatoms. The van der Waals surface area contributed by atoms with Crippen molar-refractivity contribution in [1.29, 1.82) is 0 Å². The molecule has 0 aliphatic carbocycles. The average molecular weight is 315 g/mol. The van der Waals surface area contributed by atoms with Gasteiger partial charge in [0, 0.05) is 6.54 Å². The van der Waals surface area contributed by atoms with E-state index in [4.69, 9.17) is 23.2 Å². The molecule has 1 aromatic rings. The zero-order valence-electron chi connectivity index (χ0n) is 11.3. The van der Waals surface area contributed by atoms with Crippen LogP contribution in [0.1, 0.15) is 19.4 Å². The van der Waals surface area contributed by atoms with Gasteiger partial charge in [-0.25, -0.2) is 0 Å². The van der Waals surface area contributed by atoms with E-state index in [1.807, 2.05) is 19.9 Å². The fourth-order valence-corrected chi connectivity index (χ4v) is 2.75. The van der Waals surface area contributed by atoms with Gasteiger partial charge in [-0.1, -0.05) is 49.2 Å². The van der Waals surface area contributed by atoms with E-state index in [-0.39, 0.29) is 30.8 Å². The number of amides is 2. The molecule has 0 spiro atoms. The fraction of sp³-hybridized carbons (Fsp3) is 0.429. The molecule has 108 valence electrons. The molecule has 1 heterocycles. The quantitative estimate of drug-likeness (QED) is 0.931. The molecule has 20 heavy (non-hydrogen) atoms. The highest BCUT2D eigenvalue weighted by Gasteiger charge is 2.36. The van der Waals surface area contributed by atoms with Gasteiger partial charge in [0.2, 0.25) is 11.8 Å². The molecule has 1 aromatic carbocycles. The summed E-state index contributed by atoms with van der Waals surface area (Å²) >= 11 is 12.1. The Morgan fingerprint density at radius 2 is 2.05 bits per heavy atom. The smallest absolute Gasteiger partial charge is 0.243 e. The lowest BCUT2D eigenvalue weighted by molar-refractivity contribution is -0.148. The minimum atomic E-state index is -0.480. The number of piperazine rings is 1. The molecule has 0 bridgehead atoms. The Bertz CT molecular complexity index is 546. The first-order valence-corrected chi connectivity index (χ1v) is 7.17. The second kappa shape index (κ2) is 6.02. The maximum absolute atomic E-state index is 12.1. The lowest BCUT2D eigenvalue weighted by Gasteiger charge is -2.37. The first kappa shape index (κ1) is 15.1. The summed E-state index contributed by atoms with van der Waals surface area (Å²) in [5.74, 6) is -0.214. The van der Waals surface area contributed by atoms with Gasteiger partial charge in [0.1, 0.15) is 6.04 Å². The van der Waals surface area contributed by atoms with E-state index in [1.165, 1.54) is 0 Å². The molecule has 4 nitrogen and oxygen atoms in total. The summed E-state index contributed by atoms with van der Waals surface area (Å²) in [6.45, 7) is 4.14. The van der Waals surface area contributed by atoms with E-state index in [1.54, 1.807) is 17.0 Å². The van der Waals surface area contributed by atoms with Crippen LogP contribution in [0.2, 0.25) is 10.0 Å². The van der Waals surface area contributed by atoms with Crippen molar-refractivity contribution in [1.82, 2.24) is 10.2 Å². The predicted octanol–water partition coefficient (Wildman–Crippen LogP) is 2.48. The lowest BCUT2D eigenvalue weighted by atomic mass is 9.98. The molecule has 1 aliphatic heterocycles. The Balaban J connectivity index is 2.30. The monoisotopic (exact) mass is 314 g/mol. The molecular weight excluding hydrogens is 299 g/mol. The van der Waals surface area contributed by atoms with Gasteiger partial charge >= 0.3 is 0 Å². The minimum Gasteiger partial charge on any atom is -0.345 e. The van der Waals surface area contributed by atoms with Gasteiger partial charge < -0.3 is 10.2 Å². The molecular formula is C14H16Cl2N2O2. The third-order valence-electron chi connectivity index (χ3n) is 3.34. The molecule has 0 aromatic heterocycles. The summed E-state index contributed by atoms with van der Waals surface area (Å²) in [7, 11) is 0. The Morgan fingerprint density at radius 3 is 2.70 bits per heavy atom. The minimum absolute atomic E-state index is 0.0252. The van der Waals surface area contributed by atoms with Crippen molar-refractivity contribution < 1.29 is 9.59 Å². The zero-order valence-corrected chi connectivity index (χ0v) is 12.8. The standard InChI is InChI=1S/C14H16Cl2N2O2/c1-8(2)13-14(20)17-6-11(19)18(13)7-9-4-3-5-10(15)12(9)16/h3-5,8,13H,6-7H2,1-2H3,(H,17,20). The maximum atomic E-state index is 12.1. The summed E-state index contributed by atoms with van der Waals surface area (Å²) in [5.41, 5.74) is 0.743. The highest BCUT2D eigenvalue weighted by atomic mass is 35.5. The van der Waals surface area contributed by atoms with Crippen LogP contribution in [-0.4, -0.2) is 29.3 Å². The van der Waals surface area contributed by atoms with Crippen molar-refractivity contribution in [3.05, 3.63) is 33.8 Å². The summed E-state index contributed by atoms with van der Waals surface area (Å²) < 4.78 is 0. The summed E-state index contributed by atoms with van der Waals surface area (Å²) in [6.07, 6.45) is 0. The normalized spacial score (nSPS) is 19.4. The van der Waals surface area contributed by atoms with Crippen LogP contribution in [0.3, 0.4) is 0 Å². The van der Waals surface area contributed by atoms with Crippen molar-refractivity contribution in [2.45, 2.75) is 26.4 Å². The van der Waals surface area contributed by atoms with Crippen molar-refractivity contribution in [3.63, 3.8) is 0 Å². The number of carbonyl (C=O) groups is 2. The first-order chi connectivity index (χ1) is 9.41. The zero-order chi connectivity index (χ0) is 14.9. The number of benzene rings is 1. The Hall–Kier alpha value is -1.26. The molecule has 2 rings (SSSR count). The highest BCUT2D eigenvalue weighted by molar-refractivity contribution is 6.42. The second-order valence-electron chi connectivity index (χ2n) is 5.14. The van der Waals surface area contributed by atoms with E-state index < -0.39 is 6.04 Å². The number of carbonyl (C=O) groups excluding carboxylic acids is 2. The van der Waals surface area contributed by atoms with Crippen LogP contribution < -0.4 is 5.32 Å². The van der Waals surface area contributed by atoms with Crippen LogP contribution in [-0.2, 0) is 16.1 Å². The molecule has 0 radical (unpaired) electrons. The van der Waals surface area contributed by atoms with Gasteiger partial charge in [-0.05, 0) is 17.5 Å². The third kappa shape index (κ3) is 2.91. The van der Waals surface area contributed by atoms with Crippen LogP contribution >= 0.6 is 23.2 Å². The van der Waals surface area contributed by atoms with Gasteiger partial charge in [-0.3, -0.25) is 9.59 Å². The molecule has 1 atom stereocenters. The lowest BCUT2D eigenvalue weighted by Crippen LogP contribution is -2.59. The second-order valence-corrected chi connectivity index (χ2v) is 5.93. The summed E-state index contributed by atoms with van der Waals surface area (Å²) in [5, 5.41) is 3.49. The molecule has 1 N–H and O–H groups in total. The molecule has 1 fully saturated rings. The van der Waals surface area contributed by atoms with Crippen molar-refractivity contribution in [2.24, 2.45) is 5.92 Å². The maximum Gasteiger partial charge on any atom is 0.243 e. The van der Waals surface area contributed by atoms with Crippen molar-refractivity contribution >= 4 is 35.0 Å². The third-order valence-corrected chi connectivity index (χ3v) is 4.20. The number of hydrogen-bond donors (Lipinski definition) is 1. The van der Waals surface area contributed by atoms with Gasteiger partial charge in [0.15, 0.2) is 0 Å². The molecule has 1 aliphatic rings. The predicted molar refractivity (Wildman–Crippen MR) is 78.6 cm³/mol. The van der Waals surface area contributed by atoms with Crippen LogP contribution in [0.25, 0.3) is 0 Å². The SMILES string of the molecule is CC(C)C1C(=O)NCC(=O)N1Cc1cccc(Cl)c1Cl. The van der Waals surface area contributed by atoms with Crippen molar-refractivity contribution in [2.75, 3.05) is 6.54 Å². The Labute approximate surface area is 128 Å². The summed E-state index contributed by atoms with van der Waals surface area (Å²) in [6, 6.07) is 4.80. The van der Waals surface area contributed by atoms with Gasteiger partial charge in [-0.15, -0.1) is 0 Å². The summed E-state index contributed by atoms with van der Waals surface area (Å²) in [4.78, 5) is 25.6. The van der Waals surface area contributed by atoms with Gasteiger partial charge in [0.05, 0.1) is 16.6 Å². The van der Waals surface area contributed by atoms with Crippen LogP contribution in [0, 0.1) is 5.92 Å². The van der Waals surface area contributed by atoms with Gasteiger partial charge in [-0.2, -0.15) is 0 Å². The fourth-order valence-electron chi connectivity index (χ4n) is 2.37. The molecule has 1 saturated heterocycles. The molecule has 2 amide bonds. The number of hydrogen-bond acceptors (Lipinski definition) is 2. The van der Waals surface area contributed by atoms with E-state index in [0.29, 0.717) is 10.0 Å². The van der Waals surface area contributed by atoms with Crippen LogP contribution in [0.15, 0.2) is 18.2 Å². The van der Waals surface area contributed by atoms with E-state index in [0.717, 1.165) is 5.56 Å². The highest BCUT2D eigenvalue weighted by Crippen LogP contribution is 2.28. The Morgan fingerprint density at radius 1 is 1.35 bits per heavy atom. The number of rotatable bonds is 3. The largest absolute Gasteiger partial charge is 0.345 e. The molecule has 0 saturated carbocycles. The van der Waals surface area contributed by atoms with Crippen LogP contribution in [0.4, 0.5) is 0 Å². The van der Waals surface area contributed by atoms with E-state index in [2.05, 4.69) is 5.32 Å². The van der Waals surface area contributed by atoms with E-state index in [9.17, 15) is 9.59 Å². The van der Waals surface area contributed by atoms with Crippen molar-refractivity contribution in [3.8, 4) is 0 Å². The van der Waals surface area contributed by atoms with Gasteiger partial charge in [0.25, 0.3) is 0 Å². The number of halogens is 2. The van der Waals surface area contributed by atoms with Crippen LogP contribution in [0.5, 0.6) is 0 Å². The Kier molecular flexibility index (Phi) is 4.55. The van der Waals surface area contributed by atoms with E-state index >= 15 is 0 Å². The topological polar surface area (TPSA) is 49.4 Å². The number of nitrogens with zero attached hydrogens (tertiary/aromatic N) is 1.